The van der Waals surface area contributed by atoms with E-state index < -0.39 is 0 Å². The maximum Gasteiger partial charge on any atom is 0.191 e. The first-order valence-electron chi connectivity index (χ1n) is 7.95. The zero-order valence-electron chi connectivity index (χ0n) is 12.9. The third-order valence-electron chi connectivity index (χ3n) is 3.78. The minimum absolute atomic E-state index is 0.509. The van der Waals surface area contributed by atoms with Gasteiger partial charge in [-0.1, -0.05) is 19.3 Å². The lowest BCUT2D eigenvalue weighted by Gasteiger charge is -2.22. The molecule has 0 aliphatic heterocycles. The van der Waals surface area contributed by atoms with Gasteiger partial charge >= 0.3 is 0 Å². The van der Waals surface area contributed by atoms with Crippen LogP contribution in [0.2, 0.25) is 0 Å². The maximum absolute atomic E-state index is 5.92. The number of nitrogens with zero attached hydrogens (tertiary/aromatic N) is 1. The quantitative estimate of drug-likeness (QED) is 0.462. The lowest BCUT2D eigenvalue weighted by atomic mass is 9.98. The van der Waals surface area contributed by atoms with Gasteiger partial charge in [-0.15, -0.1) is 0 Å². The second-order valence-electron chi connectivity index (χ2n) is 5.47. The van der Waals surface area contributed by atoms with E-state index in [9.17, 15) is 0 Å². The van der Waals surface area contributed by atoms with Crippen molar-refractivity contribution in [2.24, 2.45) is 4.99 Å². The molecule has 0 aromatic carbocycles. The Hall–Kier alpha value is -1.07. The number of hydrogen-bond acceptors (Lipinski definition) is 3. The van der Waals surface area contributed by atoms with Gasteiger partial charge in [-0.3, -0.25) is 4.99 Å². The van der Waals surface area contributed by atoms with Crippen LogP contribution >= 0.6 is 11.3 Å². The van der Waals surface area contributed by atoms with E-state index >= 15 is 0 Å². The number of rotatable bonds is 7. The van der Waals surface area contributed by atoms with Crippen molar-refractivity contribution in [3.05, 3.63) is 22.4 Å². The van der Waals surface area contributed by atoms with Gasteiger partial charge in [-0.05, 0) is 41.7 Å². The van der Waals surface area contributed by atoms with E-state index in [1.165, 1.54) is 37.7 Å². The summed E-state index contributed by atoms with van der Waals surface area (Å²) in [4.78, 5) is 4.23. The monoisotopic (exact) mass is 309 g/mol. The molecule has 1 aliphatic carbocycles. The van der Waals surface area contributed by atoms with E-state index in [4.69, 9.17) is 4.74 Å². The average Bonchev–Trinajstić information content (AvgIpc) is 3.04. The summed E-state index contributed by atoms with van der Waals surface area (Å²) < 4.78 is 5.92. The molecule has 0 atom stereocenters. The van der Waals surface area contributed by atoms with E-state index in [0.29, 0.717) is 6.10 Å². The topological polar surface area (TPSA) is 45.7 Å². The number of hydrogen-bond donors (Lipinski definition) is 2. The Bertz CT molecular complexity index is 400. The zero-order chi connectivity index (χ0) is 14.8. The van der Waals surface area contributed by atoms with Crippen molar-refractivity contribution in [2.45, 2.75) is 51.2 Å². The largest absolute Gasteiger partial charge is 0.378 e. The Balaban J connectivity index is 1.51. The molecule has 2 N–H and O–H groups in total. The Kier molecular flexibility index (Phi) is 7.60. The van der Waals surface area contributed by atoms with Crippen LogP contribution in [0.5, 0.6) is 0 Å². The molecule has 2 rings (SSSR count). The van der Waals surface area contributed by atoms with Gasteiger partial charge in [0.2, 0.25) is 0 Å². The lowest BCUT2D eigenvalue weighted by Crippen LogP contribution is -2.37. The van der Waals surface area contributed by atoms with Gasteiger partial charge in [0.05, 0.1) is 6.10 Å². The third kappa shape index (κ3) is 6.48. The Morgan fingerprint density at radius 1 is 1.33 bits per heavy atom. The van der Waals surface area contributed by atoms with Crippen molar-refractivity contribution in [3.63, 3.8) is 0 Å². The highest BCUT2D eigenvalue weighted by atomic mass is 32.1. The molecule has 0 saturated heterocycles. The van der Waals surface area contributed by atoms with Crippen molar-refractivity contribution >= 4 is 17.3 Å². The first-order valence-corrected chi connectivity index (χ1v) is 8.90. The van der Waals surface area contributed by atoms with Crippen LogP contribution in [-0.4, -0.2) is 32.3 Å². The first kappa shape index (κ1) is 16.3. The van der Waals surface area contributed by atoms with Crippen LogP contribution in [0.15, 0.2) is 21.8 Å². The summed E-state index contributed by atoms with van der Waals surface area (Å²) >= 11 is 1.72. The summed E-state index contributed by atoms with van der Waals surface area (Å²) in [5.74, 6) is 0.860. The van der Waals surface area contributed by atoms with Gasteiger partial charge in [0.1, 0.15) is 0 Å². The van der Waals surface area contributed by atoms with Crippen molar-refractivity contribution < 1.29 is 4.74 Å². The average molecular weight is 309 g/mol. The number of ether oxygens (including phenoxy) is 1. The van der Waals surface area contributed by atoms with Crippen molar-refractivity contribution in [3.8, 4) is 0 Å². The summed E-state index contributed by atoms with van der Waals surface area (Å²) in [6, 6.07) is 2.13. The molecule has 0 spiro atoms. The summed E-state index contributed by atoms with van der Waals surface area (Å²) in [5, 5.41) is 10.9. The Morgan fingerprint density at radius 2 is 2.19 bits per heavy atom. The predicted molar refractivity (Wildman–Crippen MR) is 90.0 cm³/mol. The van der Waals surface area contributed by atoms with Gasteiger partial charge in [-0.25, -0.2) is 0 Å². The molecule has 0 radical (unpaired) electrons. The van der Waals surface area contributed by atoms with Gasteiger partial charge in [0.25, 0.3) is 0 Å². The van der Waals surface area contributed by atoms with Gasteiger partial charge in [0.15, 0.2) is 5.96 Å². The van der Waals surface area contributed by atoms with Crippen LogP contribution in [0.25, 0.3) is 0 Å². The van der Waals surface area contributed by atoms with Crippen LogP contribution < -0.4 is 10.6 Å². The zero-order valence-corrected chi connectivity index (χ0v) is 13.8. The van der Waals surface area contributed by atoms with Gasteiger partial charge in [0, 0.05) is 26.7 Å². The van der Waals surface area contributed by atoms with Crippen molar-refractivity contribution in [2.75, 3.05) is 20.2 Å². The molecule has 4 nitrogen and oxygen atoms in total. The van der Waals surface area contributed by atoms with E-state index in [1.807, 2.05) is 7.05 Å². The molecule has 1 heterocycles. The Labute approximate surface area is 132 Å². The summed E-state index contributed by atoms with van der Waals surface area (Å²) in [5.41, 5.74) is 1.29. The van der Waals surface area contributed by atoms with Crippen LogP contribution in [0.1, 0.15) is 44.1 Å². The fourth-order valence-electron chi connectivity index (χ4n) is 2.56. The third-order valence-corrected chi connectivity index (χ3v) is 4.52. The molecular formula is C16H27N3OS. The second kappa shape index (κ2) is 9.79. The minimum Gasteiger partial charge on any atom is -0.378 e. The molecule has 1 saturated carbocycles. The van der Waals surface area contributed by atoms with E-state index in [0.717, 1.165) is 32.1 Å². The molecule has 21 heavy (non-hydrogen) atoms. The first-order chi connectivity index (χ1) is 10.4. The van der Waals surface area contributed by atoms with E-state index in [2.05, 4.69) is 32.5 Å². The minimum atomic E-state index is 0.509. The molecule has 0 amide bonds. The van der Waals surface area contributed by atoms with Crippen LogP contribution in [-0.2, 0) is 11.3 Å². The van der Waals surface area contributed by atoms with Crippen molar-refractivity contribution in [1.29, 1.82) is 0 Å². The fraction of sp³-hybridized carbons (Fsp3) is 0.688. The van der Waals surface area contributed by atoms with Crippen LogP contribution in [0.4, 0.5) is 0 Å². The SMILES string of the molecule is CN=C(NCCCOC1CCCCC1)NCc1ccsc1. The molecule has 0 bridgehead atoms. The van der Waals surface area contributed by atoms with E-state index in [-0.39, 0.29) is 0 Å². The van der Waals surface area contributed by atoms with Gasteiger partial charge in [-0.2, -0.15) is 11.3 Å². The summed E-state index contributed by atoms with van der Waals surface area (Å²) in [7, 11) is 1.81. The molecular weight excluding hydrogens is 282 g/mol. The summed E-state index contributed by atoms with van der Waals surface area (Å²) in [6.45, 7) is 2.57. The van der Waals surface area contributed by atoms with Crippen LogP contribution in [0.3, 0.4) is 0 Å². The highest BCUT2D eigenvalue weighted by molar-refractivity contribution is 7.07. The lowest BCUT2D eigenvalue weighted by molar-refractivity contribution is 0.0277. The normalized spacial score (nSPS) is 16.9. The molecule has 118 valence electrons. The smallest absolute Gasteiger partial charge is 0.191 e. The van der Waals surface area contributed by atoms with Crippen LogP contribution in [0, 0.1) is 0 Å². The highest BCUT2D eigenvalue weighted by Gasteiger charge is 2.12. The fourth-order valence-corrected chi connectivity index (χ4v) is 3.23. The Morgan fingerprint density at radius 3 is 2.90 bits per heavy atom. The number of guanidine groups is 1. The van der Waals surface area contributed by atoms with Gasteiger partial charge < -0.3 is 15.4 Å². The molecule has 5 heteroatoms. The standard InChI is InChI=1S/C16H27N3OS/c1-17-16(19-12-14-8-11-21-13-14)18-9-5-10-20-15-6-3-2-4-7-15/h8,11,13,15H,2-7,9-10,12H2,1H3,(H2,17,18,19). The molecule has 1 aromatic rings. The maximum atomic E-state index is 5.92. The number of nitrogens with one attached hydrogen (secondary N) is 2. The second-order valence-corrected chi connectivity index (χ2v) is 6.25. The predicted octanol–water partition coefficient (Wildman–Crippen LogP) is 3.15. The van der Waals surface area contributed by atoms with E-state index in [1.54, 1.807) is 11.3 Å². The highest BCUT2D eigenvalue weighted by Crippen LogP contribution is 2.20. The summed E-state index contributed by atoms with van der Waals surface area (Å²) in [6.07, 6.45) is 8.08. The molecule has 1 aromatic heterocycles. The molecule has 0 unspecified atom stereocenters. The number of thiophene rings is 1. The molecule has 1 aliphatic rings. The molecule has 1 fully saturated rings. The number of aliphatic imine (C=N–C) groups is 1. The van der Waals surface area contributed by atoms with Crippen molar-refractivity contribution in [1.82, 2.24) is 10.6 Å².